The van der Waals surface area contributed by atoms with E-state index >= 15 is 0 Å². The second kappa shape index (κ2) is 19.7. The fourth-order valence-electron chi connectivity index (χ4n) is 5.51. The number of aryl methyl sites for hydroxylation is 1. The van der Waals surface area contributed by atoms with Crippen molar-refractivity contribution in [2.45, 2.75) is 81.9 Å². The third-order valence-corrected chi connectivity index (χ3v) is 8.65. The summed E-state index contributed by atoms with van der Waals surface area (Å²) in [6, 6.07) is 10.6. The molecule has 3 aromatic rings. The van der Waals surface area contributed by atoms with Gasteiger partial charge < -0.3 is 36.4 Å². The van der Waals surface area contributed by atoms with Crippen molar-refractivity contribution in [3.8, 4) is 11.5 Å². The minimum absolute atomic E-state index is 0.115. The van der Waals surface area contributed by atoms with Crippen molar-refractivity contribution in [3.63, 3.8) is 0 Å². The molecular weight excluding hydrogens is 661 g/mol. The summed E-state index contributed by atoms with van der Waals surface area (Å²) < 4.78 is 1.67. The van der Waals surface area contributed by atoms with Gasteiger partial charge in [0.25, 0.3) is 6.56 Å². The Morgan fingerprint density at radius 1 is 0.880 bits per heavy atom. The first-order chi connectivity index (χ1) is 23.8. The van der Waals surface area contributed by atoms with Gasteiger partial charge in [0.1, 0.15) is 23.6 Å². The molecule has 0 spiro atoms. The lowest BCUT2D eigenvalue weighted by atomic mass is 9.49. The van der Waals surface area contributed by atoms with E-state index in [4.69, 9.17) is 7.74 Å². The van der Waals surface area contributed by atoms with Gasteiger partial charge in [-0.1, -0.05) is 42.8 Å². The van der Waals surface area contributed by atoms with Gasteiger partial charge in [-0.25, -0.2) is 17.3 Å². The topological polar surface area (TPSA) is 216 Å². The molecule has 262 valence electrons. The van der Waals surface area contributed by atoms with Gasteiger partial charge in [-0.2, -0.15) is 0 Å². The van der Waals surface area contributed by atoms with Crippen LogP contribution in [0.15, 0.2) is 54.7 Å². The lowest BCUT2D eigenvalue weighted by molar-refractivity contribution is -0.144. The molecule has 4 radical (unpaired) electrons. The largest absolute Gasteiger partial charge is 0.508 e. The fourth-order valence-corrected chi connectivity index (χ4v) is 5.62. The summed E-state index contributed by atoms with van der Waals surface area (Å²) in [6.45, 7) is 4.35. The Morgan fingerprint density at radius 3 is 1.96 bits per heavy atom. The lowest BCUT2D eigenvalue weighted by Crippen LogP contribution is -2.49. The Labute approximate surface area is 299 Å². The van der Waals surface area contributed by atoms with Crippen LogP contribution in [0.4, 0.5) is 0 Å². The number of aromatic nitrogens is 3. The van der Waals surface area contributed by atoms with Crippen LogP contribution in [0.25, 0.3) is 0 Å². The van der Waals surface area contributed by atoms with E-state index in [1.807, 2.05) is 6.92 Å². The van der Waals surface area contributed by atoms with E-state index in [9.17, 15) is 39.6 Å². The number of aromatic hydroxyl groups is 2. The molecule has 0 aliphatic rings. The molecule has 1 heterocycles. The van der Waals surface area contributed by atoms with Crippen LogP contribution in [-0.4, -0.2) is 105 Å². The van der Waals surface area contributed by atoms with Gasteiger partial charge in [0.15, 0.2) is 0 Å². The van der Waals surface area contributed by atoms with Crippen molar-refractivity contribution in [2.24, 2.45) is 0 Å². The predicted molar refractivity (Wildman–Crippen MR) is 192 cm³/mol. The number of amides is 2. The number of hydrogen-bond acceptors (Lipinski definition) is 10. The number of carbonyl (C=O) groups is 4. The number of thiol groups is 1. The second-order valence-electron chi connectivity index (χ2n) is 12.1. The number of phenols is 2. The van der Waals surface area contributed by atoms with E-state index < -0.39 is 60.0 Å². The van der Waals surface area contributed by atoms with E-state index in [1.165, 1.54) is 13.7 Å². The molecule has 0 saturated carbocycles. The minimum Gasteiger partial charge on any atom is -0.508 e. The van der Waals surface area contributed by atoms with Crippen LogP contribution in [0.3, 0.4) is 0 Å². The molecule has 0 bridgehead atoms. The highest BCUT2D eigenvalue weighted by atomic mass is 32.1. The van der Waals surface area contributed by atoms with Crippen LogP contribution < -0.4 is 21.5 Å². The average Bonchev–Trinajstić information content (AvgIpc) is 3.55. The molecule has 18 heteroatoms. The van der Waals surface area contributed by atoms with Crippen molar-refractivity contribution in [3.05, 3.63) is 65.9 Å². The number of carboxylic acids is 2. The number of phenolic OH excluding ortho intramolecular Hbond substituents is 2. The van der Waals surface area contributed by atoms with Gasteiger partial charge in [0, 0.05) is 25.9 Å². The van der Waals surface area contributed by atoms with E-state index in [1.54, 1.807) is 59.4 Å². The molecule has 0 unspecified atom stereocenters. The van der Waals surface area contributed by atoms with Gasteiger partial charge in [0.2, 0.25) is 11.8 Å². The highest BCUT2D eigenvalue weighted by Crippen LogP contribution is 2.37. The third kappa shape index (κ3) is 12.5. The van der Waals surface area contributed by atoms with Gasteiger partial charge in [-0.3, -0.25) is 19.1 Å². The molecule has 2 aromatic carbocycles. The maximum atomic E-state index is 12.8. The molecular formula is C32H41B3N6O8S. The smallest absolute Gasteiger partial charge is 0.326 e. The number of carbonyl (C=O) groups excluding carboxylic acids is 2. The Hall–Kier alpha value is -4.44. The monoisotopic (exact) mass is 702 g/mol. The highest BCUT2D eigenvalue weighted by molar-refractivity contribution is 8.08. The molecule has 0 saturated heterocycles. The first kappa shape index (κ1) is 40.0. The molecule has 3 rings (SSSR count). The van der Waals surface area contributed by atoms with Crippen LogP contribution in [0, 0.1) is 0 Å². The summed E-state index contributed by atoms with van der Waals surface area (Å²) in [5.74, 6) is -4.54. The fraction of sp³-hybridized carbons (Fsp3) is 0.438. The van der Waals surface area contributed by atoms with Gasteiger partial charge in [-0.05, 0) is 73.6 Å². The second-order valence-corrected chi connectivity index (χ2v) is 12.4. The maximum Gasteiger partial charge on any atom is 0.326 e. The maximum absolute atomic E-state index is 12.8. The summed E-state index contributed by atoms with van der Waals surface area (Å²) in [4.78, 5) is 49.3. The first-order valence-electron chi connectivity index (χ1n) is 16.1. The number of aliphatic carboxylic acids is 2. The van der Waals surface area contributed by atoms with E-state index in [-0.39, 0.29) is 18.0 Å². The van der Waals surface area contributed by atoms with Crippen LogP contribution in [0.1, 0.15) is 63.0 Å². The van der Waals surface area contributed by atoms with Gasteiger partial charge in [0.05, 0.1) is 25.6 Å². The van der Waals surface area contributed by atoms with Crippen molar-refractivity contribution < 1.29 is 39.6 Å². The normalized spacial score (nSPS) is 13.1. The number of carboxylic acid groups (broad SMARTS) is 2. The lowest BCUT2D eigenvalue weighted by Gasteiger charge is -2.31. The van der Waals surface area contributed by atoms with Gasteiger partial charge in [-0.15, -0.1) is 5.10 Å². The summed E-state index contributed by atoms with van der Waals surface area (Å²) in [7, 11) is 6.99. The van der Waals surface area contributed by atoms with Crippen molar-refractivity contribution in [2.75, 3.05) is 6.54 Å². The number of benzene rings is 2. The Morgan fingerprint density at radius 2 is 1.44 bits per heavy atom. The number of nitrogens with one attached hydrogen (secondary N) is 3. The number of nitrogens with zero attached hydrogens (tertiary/aromatic N) is 3. The molecule has 14 nitrogen and oxygen atoms in total. The zero-order valence-electron chi connectivity index (χ0n) is 27.7. The van der Waals surface area contributed by atoms with Crippen LogP contribution in [-0.2, 0) is 31.1 Å². The van der Waals surface area contributed by atoms with E-state index in [2.05, 4.69) is 38.7 Å². The molecule has 1 aromatic heterocycles. The molecule has 0 aliphatic carbocycles. The molecule has 0 fully saturated rings. The first-order valence-corrected chi connectivity index (χ1v) is 16.7. The summed E-state index contributed by atoms with van der Waals surface area (Å²) in [5.41, 5.74) is 1.89. The Bertz CT molecular complexity index is 1520. The summed E-state index contributed by atoms with van der Waals surface area (Å²) in [6.07, 6.45) is 3.51. The third-order valence-electron chi connectivity index (χ3n) is 8.38. The van der Waals surface area contributed by atoms with Crippen LogP contribution in [0.5, 0.6) is 11.5 Å². The number of unbranched alkanes of at least 4 members (excludes halogenated alkanes) is 1. The molecule has 3 atom stereocenters. The van der Waals surface area contributed by atoms with Crippen molar-refractivity contribution in [1.82, 2.24) is 30.9 Å². The quantitative estimate of drug-likeness (QED) is 0.0409. The van der Waals surface area contributed by atoms with Crippen molar-refractivity contribution in [1.29, 1.82) is 0 Å². The average molecular weight is 702 g/mol. The number of hydrogen-bond donors (Lipinski definition) is 8. The zero-order chi connectivity index (χ0) is 36.7. The Kier molecular flexibility index (Phi) is 15.7. The van der Waals surface area contributed by atoms with Crippen molar-refractivity contribution >= 4 is 63.3 Å². The minimum atomic E-state index is -1.59. The SMILES string of the molecule is [B][B][C@H](CCCCn1cc([B]S)nn1)NC(=O)C[C@H](NC(=O)C[C@H](NCCCC(C)(c1ccc(O)cc1)c1ccc(O)cc1)C(=O)O)C(=O)O. The van der Waals surface area contributed by atoms with E-state index in [0.717, 1.165) is 17.5 Å². The molecule has 2 amide bonds. The van der Waals surface area contributed by atoms with Crippen LogP contribution in [0.2, 0.25) is 0 Å². The number of rotatable bonds is 22. The predicted octanol–water partition coefficient (Wildman–Crippen LogP) is 0.443. The molecule has 7 N–H and O–H groups in total. The summed E-state index contributed by atoms with van der Waals surface area (Å²) in [5, 5.41) is 54.7. The van der Waals surface area contributed by atoms with Gasteiger partial charge >= 0.3 is 11.9 Å². The summed E-state index contributed by atoms with van der Waals surface area (Å²) >= 11 is 4.03. The molecule has 50 heavy (non-hydrogen) atoms. The molecule has 0 aliphatic heterocycles. The Balaban J connectivity index is 1.49. The highest BCUT2D eigenvalue weighted by Gasteiger charge is 2.30. The van der Waals surface area contributed by atoms with Crippen LogP contribution >= 0.6 is 12.5 Å². The zero-order valence-corrected chi connectivity index (χ0v) is 28.6. The standard InChI is InChI=1S/C32H41B3N6O8S/c1-32(20-6-10-22(42)11-7-20,21-8-12-23(43)13-9-21)14-4-15-36-24(30(46)47)17-28(44)37-25(31(48)49)18-29(45)38-26(34-33)5-2-3-16-41-19-27(35-50)39-40-41/h6-13,19,24-26,36,42-43,50H,2-5,14-18H2,1H3,(H,37,44)(H,38,45)(H,46,47)(H,48,49)/t24-,25-,26-/m0/s1. The van der Waals surface area contributed by atoms with E-state index in [0.29, 0.717) is 37.8 Å².